The highest BCUT2D eigenvalue weighted by Gasteiger charge is 2.43. The second kappa shape index (κ2) is 15.0. The van der Waals surface area contributed by atoms with Crippen molar-refractivity contribution in [2.24, 2.45) is 11.8 Å². The van der Waals surface area contributed by atoms with Crippen LogP contribution in [0.4, 0.5) is 0 Å². The fraction of sp³-hybridized carbons (Fsp3) is 0.500. The predicted molar refractivity (Wildman–Crippen MR) is 156 cm³/mol. The number of carbonyl (C=O) groups excluding carboxylic acids is 1. The van der Waals surface area contributed by atoms with Crippen LogP contribution in [0.1, 0.15) is 63.8 Å². The van der Waals surface area contributed by atoms with E-state index in [1.54, 1.807) is 0 Å². The average Bonchev–Trinajstić information content (AvgIpc) is 2.80. The Labute approximate surface area is 239 Å². The standard InChI is InChI=1S/C26H33ClO4.BBr3/c1-6-24-16(3)17(4)25(30-18(5)28)26(31-24)20-10-13-23(27)21(15-20)14-19-8-11-22(12-9-19)29-7-2;2-1(3)4/h8-13,15-17,24-26H,6-7,14H2,1-5H3;/t16-,17-,24+,25+,26-;/m0./s1. The Balaban J connectivity index is 0.00000100. The molecular formula is C26H33BBr3ClO4. The van der Waals surface area contributed by atoms with E-state index in [-0.39, 0.29) is 33.4 Å². The summed E-state index contributed by atoms with van der Waals surface area (Å²) in [6, 6.07) is 14.1. The molecule has 5 atom stereocenters. The summed E-state index contributed by atoms with van der Waals surface area (Å²) in [4.78, 5) is 11.8. The summed E-state index contributed by atoms with van der Waals surface area (Å²) in [5.41, 5.74) is 3.17. The van der Waals surface area contributed by atoms with Crippen molar-refractivity contribution in [3.8, 4) is 5.75 Å². The van der Waals surface area contributed by atoms with Gasteiger partial charge in [-0.05, 0) is 60.6 Å². The molecule has 1 aliphatic heterocycles. The SMILES string of the molecule is BrB(Br)Br.CCOc1ccc(Cc2cc([C@@H]3O[C@H](CC)[C@@H](C)[C@H](C)[C@H]3OC(C)=O)ccc2Cl)cc1. The molecule has 4 nitrogen and oxygen atoms in total. The summed E-state index contributed by atoms with van der Waals surface area (Å²) in [5, 5.41) is 0.714. The van der Waals surface area contributed by atoms with Gasteiger partial charge in [0.25, 0.3) is 0 Å². The Morgan fingerprint density at radius 1 is 1.06 bits per heavy atom. The highest BCUT2D eigenvalue weighted by Crippen LogP contribution is 2.42. The maximum absolute atomic E-state index is 11.8. The molecule has 0 amide bonds. The minimum Gasteiger partial charge on any atom is -0.494 e. The summed E-state index contributed by atoms with van der Waals surface area (Å²) in [7, 11) is 0. The quantitative estimate of drug-likeness (QED) is 0.215. The number of benzene rings is 2. The first-order valence-electron chi connectivity index (χ1n) is 11.8. The Morgan fingerprint density at radius 2 is 1.69 bits per heavy atom. The molecule has 3 rings (SSSR count). The van der Waals surface area contributed by atoms with E-state index in [1.165, 1.54) is 6.92 Å². The van der Waals surface area contributed by atoms with E-state index in [2.05, 4.69) is 86.2 Å². The molecule has 2 aromatic rings. The number of ether oxygens (including phenoxy) is 3. The van der Waals surface area contributed by atoms with E-state index >= 15 is 0 Å². The van der Waals surface area contributed by atoms with Crippen LogP contribution in [0.3, 0.4) is 0 Å². The van der Waals surface area contributed by atoms with Crippen LogP contribution in [0, 0.1) is 11.8 Å². The number of esters is 1. The first kappa shape index (κ1) is 30.7. The van der Waals surface area contributed by atoms with E-state index in [9.17, 15) is 4.79 Å². The molecule has 0 unspecified atom stereocenters. The molecule has 1 fully saturated rings. The molecule has 0 radical (unpaired) electrons. The molecule has 192 valence electrons. The Hall–Kier alpha value is -0.535. The van der Waals surface area contributed by atoms with Crippen molar-refractivity contribution in [1.29, 1.82) is 0 Å². The lowest BCUT2D eigenvalue weighted by Gasteiger charge is -2.44. The third kappa shape index (κ3) is 9.37. The van der Waals surface area contributed by atoms with Crippen LogP contribution in [0.2, 0.25) is 5.02 Å². The Bertz CT molecular complexity index is 942. The fourth-order valence-electron chi connectivity index (χ4n) is 4.40. The van der Waals surface area contributed by atoms with Gasteiger partial charge >= 0.3 is 9.15 Å². The van der Waals surface area contributed by atoms with Gasteiger partial charge in [0.2, 0.25) is 0 Å². The highest BCUT2D eigenvalue weighted by molar-refractivity contribution is 9.69. The van der Waals surface area contributed by atoms with Crippen molar-refractivity contribution in [3.05, 3.63) is 64.2 Å². The molecule has 2 aromatic carbocycles. The van der Waals surface area contributed by atoms with Gasteiger partial charge in [0, 0.05) is 17.9 Å². The number of rotatable bonds is 7. The van der Waals surface area contributed by atoms with Crippen molar-refractivity contribution in [2.45, 2.75) is 65.8 Å². The van der Waals surface area contributed by atoms with Crippen molar-refractivity contribution < 1.29 is 19.0 Å². The summed E-state index contributed by atoms with van der Waals surface area (Å²) < 4.78 is 18.0. The lowest BCUT2D eigenvalue weighted by atomic mass is 9.78. The van der Waals surface area contributed by atoms with Crippen molar-refractivity contribution >= 4 is 68.0 Å². The number of carbonyl (C=O) groups is 1. The first-order valence-corrected chi connectivity index (χ1v) is 14.9. The van der Waals surface area contributed by atoms with E-state index in [0.717, 1.165) is 28.9 Å². The molecule has 0 spiro atoms. The smallest absolute Gasteiger partial charge is 0.369 e. The minimum absolute atomic E-state index is 0.122. The molecule has 1 saturated heterocycles. The zero-order valence-electron chi connectivity index (χ0n) is 20.8. The highest BCUT2D eigenvalue weighted by atomic mass is 79.9. The number of hydrogen-bond acceptors (Lipinski definition) is 4. The van der Waals surface area contributed by atoms with Crippen molar-refractivity contribution in [2.75, 3.05) is 6.61 Å². The largest absolute Gasteiger partial charge is 0.494 e. The van der Waals surface area contributed by atoms with Gasteiger partial charge in [0.1, 0.15) is 18.0 Å². The molecule has 0 aromatic heterocycles. The van der Waals surface area contributed by atoms with Gasteiger partial charge in [-0.3, -0.25) is 4.79 Å². The second-order valence-electron chi connectivity index (χ2n) is 8.65. The van der Waals surface area contributed by atoms with Gasteiger partial charge in [-0.1, -0.05) is 56.6 Å². The first-order chi connectivity index (χ1) is 16.6. The van der Waals surface area contributed by atoms with E-state index < -0.39 is 0 Å². The lowest BCUT2D eigenvalue weighted by molar-refractivity contribution is -0.196. The third-order valence-corrected chi connectivity index (χ3v) is 6.65. The van der Waals surface area contributed by atoms with Crippen LogP contribution in [-0.4, -0.2) is 28.0 Å². The Kier molecular flexibility index (Phi) is 13.2. The fourth-order valence-corrected chi connectivity index (χ4v) is 4.58. The molecule has 0 aliphatic carbocycles. The van der Waals surface area contributed by atoms with Gasteiger partial charge < -0.3 is 14.2 Å². The number of hydrogen-bond donors (Lipinski definition) is 0. The molecule has 0 N–H and O–H groups in total. The summed E-state index contributed by atoms with van der Waals surface area (Å²) >= 11 is 15.9. The van der Waals surface area contributed by atoms with Crippen LogP contribution in [-0.2, 0) is 20.7 Å². The lowest BCUT2D eigenvalue weighted by Crippen LogP contribution is -2.46. The van der Waals surface area contributed by atoms with Gasteiger partial charge in [-0.15, -0.1) is 47.3 Å². The summed E-state index contributed by atoms with van der Waals surface area (Å²) in [6.07, 6.45) is 1.11. The Morgan fingerprint density at radius 3 is 2.23 bits per heavy atom. The van der Waals surface area contributed by atoms with Crippen LogP contribution in [0.15, 0.2) is 42.5 Å². The molecular weight excluding hydrogens is 662 g/mol. The normalized spacial score (nSPS) is 23.6. The zero-order valence-corrected chi connectivity index (χ0v) is 26.3. The minimum atomic E-state index is -0.324. The molecule has 1 heterocycles. The second-order valence-corrected chi connectivity index (χ2v) is 15.5. The van der Waals surface area contributed by atoms with E-state index in [1.807, 2.05) is 31.2 Å². The maximum Gasteiger partial charge on any atom is 0.369 e. The number of halogens is 4. The van der Waals surface area contributed by atoms with Gasteiger partial charge in [-0.25, -0.2) is 0 Å². The van der Waals surface area contributed by atoms with E-state index in [4.69, 9.17) is 25.8 Å². The molecule has 0 saturated carbocycles. The third-order valence-electron chi connectivity index (χ3n) is 6.29. The predicted octanol–water partition coefficient (Wildman–Crippen LogP) is 8.54. The molecule has 35 heavy (non-hydrogen) atoms. The molecule has 9 heteroatoms. The topological polar surface area (TPSA) is 44.8 Å². The zero-order chi connectivity index (χ0) is 26.1. The van der Waals surface area contributed by atoms with Gasteiger partial charge in [0.05, 0.1) is 12.7 Å². The van der Waals surface area contributed by atoms with Crippen LogP contribution in [0.25, 0.3) is 0 Å². The average molecular weight is 696 g/mol. The van der Waals surface area contributed by atoms with Crippen molar-refractivity contribution in [3.63, 3.8) is 0 Å². The van der Waals surface area contributed by atoms with Crippen molar-refractivity contribution in [1.82, 2.24) is 0 Å². The van der Waals surface area contributed by atoms with Gasteiger partial charge in [0.15, 0.2) is 0 Å². The van der Waals surface area contributed by atoms with Crippen LogP contribution in [0.5, 0.6) is 5.75 Å². The monoisotopic (exact) mass is 692 g/mol. The summed E-state index contributed by atoms with van der Waals surface area (Å²) in [5.74, 6) is 1.08. The van der Waals surface area contributed by atoms with Crippen LogP contribution >= 0.6 is 58.9 Å². The molecule has 0 bridgehead atoms. The maximum atomic E-state index is 11.8. The van der Waals surface area contributed by atoms with Crippen LogP contribution < -0.4 is 4.74 Å². The molecule has 1 aliphatic rings. The summed E-state index contributed by atoms with van der Waals surface area (Å²) in [6.45, 7) is 10.5. The van der Waals surface area contributed by atoms with Gasteiger partial charge in [-0.2, -0.15) is 0 Å². The van der Waals surface area contributed by atoms with E-state index in [0.29, 0.717) is 24.0 Å².